The molecule has 0 saturated heterocycles. The van der Waals surface area contributed by atoms with Crippen LogP contribution in [0.4, 0.5) is 0 Å². The van der Waals surface area contributed by atoms with Gasteiger partial charge >= 0.3 is 5.97 Å². The Bertz CT molecular complexity index is 409. The van der Waals surface area contributed by atoms with E-state index in [0.29, 0.717) is 24.3 Å². The molecule has 90 valence electrons. The summed E-state index contributed by atoms with van der Waals surface area (Å²) in [5, 5.41) is 8.65. The molecule has 4 heteroatoms. The molecule has 0 bridgehead atoms. The van der Waals surface area contributed by atoms with Gasteiger partial charge in [-0.3, -0.25) is 0 Å². The highest BCUT2D eigenvalue weighted by Crippen LogP contribution is 2.10. The quantitative estimate of drug-likeness (QED) is 0.556. The second kappa shape index (κ2) is 7.42. The summed E-state index contributed by atoms with van der Waals surface area (Å²) in [6, 6.07) is 8.98. The molecule has 0 aliphatic heterocycles. The number of nitrogens with zero attached hydrogens (tertiary/aromatic N) is 1. The highest BCUT2D eigenvalue weighted by molar-refractivity contribution is 5.91. The summed E-state index contributed by atoms with van der Waals surface area (Å²) in [5.41, 5.74) is 1.14. The van der Waals surface area contributed by atoms with Crippen LogP contribution in [0.2, 0.25) is 0 Å². The van der Waals surface area contributed by atoms with Gasteiger partial charge in [0.05, 0.1) is 24.7 Å². The first-order chi connectivity index (χ1) is 8.29. The minimum absolute atomic E-state index is 0.205. The Hall–Kier alpha value is -1.86. The minimum Gasteiger partial charge on any atom is -0.460 e. The Morgan fingerprint density at radius 1 is 1.35 bits per heavy atom. The van der Waals surface area contributed by atoms with Gasteiger partial charge in [0, 0.05) is 6.61 Å². The summed E-state index contributed by atoms with van der Waals surface area (Å²) in [4.78, 5) is 11.7. The third-order valence-corrected chi connectivity index (χ3v) is 2.17. The zero-order valence-electron chi connectivity index (χ0n) is 9.81. The standard InChI is InChI=1S/C13H15NO3/c1-2-16-9-10-17-13(15)12-6-4-3-5-11(12)7-8-14/h3-6H,2,7,9-10H2,1H3. The average Bonchev–Trinajstić information content (AvgIpc) is 2.35. The first kappa shape index (κ1) is 13.2. The molecule has 1 rings (SSSR count). The van der Waals surface area contributed by atoms with Gasteiger partial charge in [-0.25, -0.2) is 4.79 Å². The molecular formula is C13H15NO3. The minimum atomic E-state index is -0.407. The number of rotatable bonds is 6. The fourth-order valence-corrected chi connectivity index (χ4v) is 1.37. The molecule has 0 saturated carbocycles. The molecule has 0 unspecified atom stereocenters. The highest BCUT2D eigenvalue weighted by atomic mass is 16.6. The molecule has 0 atom stereocenters. The summed E-state index contributed by atoms with van der Waals surface area (Å²) in [6.07, 6.45) is 0.205. The average molecular weight is 233 g/mol. The van der Waals surface area contributed by atoms with Gasteiger partial charge in [0.15, 0.2) is 0 Å². The van der Waals surface area contributed by atoms with Crippen molar-refractivity contribution in [1.82, 2.24) is 0 Å². The second-order valence-corrected chi connectivity index (χ2v) is 3.32. The van der Waals surface area contributed by atoms with Crippen molar-refractivity contribution in [3.63, 3.8) is 0 Å². The van der Waals surface area contributed by atoms with E-state index in [9.17, 15) is 4.79 Å². The number of esters is 1. The van der Waals surface area contributed by atoms with Crippen molar-refractivity contribution >= 4 is 5.97 Å². The van der Waals surface area contributed by atoms with Crippen LogP contribution >= 0.6 is 0 Å². The maximum absolute atomic E-state index is 11.7. The van der Waals surface area contributed by atoms with Gasteiger partial charge in [-0.15, -0.1) is 0 Å². The van der Waals surface area contributed by atoms with E-state index in [1.807, 2.05) is 13.0 Å². The summed E-state index contributed by atoms with van der Waals surface area (Å²) in [5.74, 6) is -0.407. The van der Waals surface area contributed by atoms with E-state index in [4.69, 9.17) is 14.7 Å². The van der Waals surface area contributed by atoms with Crippen molar-refractivity contribution < 1.29 is 14.3 Å². The summed E-state index contributed by atoms with van der Waals surface area (Å²) < 4.78 is 10.1. The van der Waals surface area contributed by atoms with E-state index >= 15 is 0 Å². The predicted molar refractivity (Wildman–Crippen MR) is 62.5 cm³/mol. The number of benzene rings is 1. The molecule has 1 aromatic carbocycles. The number of hydrogen-bond donors (Lipinski definition) is 0. The van der Waals surface area contributed by atoms with E-state index < -0.39 is 5.97 Å². The van der Waals surface area contributed by atoms with Crippen LogP contribution in [-0.2, 0) is 15.9 Å². The molecule has 0 aliphatic rings. The maximum Gasteiger partial charge on any atom is 0.338 e. The molecule has 0 amide bonds. The monoisotopic (exact) mass is 233 g/mol. The Kier molecular flexibility index (Phi) is 5.76. The zero-order chi connectivity index (χ0) is 12.5. The Morgan fingerprint density at radius 2 is 2.12 bits per heavy atom. The number of carbonyl (C=O) groups excluding carboxylic acids is 1. The summed E-state index contributed by atoms with van der Waals surface area (Å²) in [6.45, 7) is 3.10. The maximum atomic E-state index is 11.7. The Labute approximate surface area is 101 Å². The van der Waals surface area contributed by atoms with Crippen LogP contribution in [0, 0.1) is 11.3 Å². The van der Waals surface area contributed by atoms with Crippen LogP contribution in [-0.4, -0.2) is 25.8 Å². The molecule has 1 aromatic rings. The number of hydrogen-bond acceptors (Lipinski definition) is 4. The van der Waals surface area contributed by atoms with Crippen molar-refractivity contribution in [2.45, 2.75) is 13.3 Å². The van der Waals surface area contributed by atoms with E-state index in [2.05, 4.69) is 0 Å². The third-order valence-electron chi connectivity index (χ3n) is 2.17. The molecule has 0 aromatic heterocycles. The van der Waals surface area contributed by atoms with Crippen LogP contribution in [0.1, 0.15) is 22.8 Å². The van der Waals surface area contributed by atoms with Crippen molar-refractivity contribution in [1.29, 1.82) is 5.26 Å². The lowest BCUT2D eigenvalue weighted by molar-refractivity contribution is 0.0334. The van der Waals surface area contributed by atoms with E-state index in [1.54, 1.807) is 24.3 Å². The van der Waals surface area contributed by atoms with Gasteiger partial charge in [0.2, 0.25) is 0 Å². The van der Waals surface area contributed by atoms with Gasteiger partial charge < -0.3 is 9.47 Å². The number of nitriles is 1. The summed E-state index contributed by atoms with van der Waals surface area (Å²) in [7, 11) is 0. The normalized spacial score (nSPS) is 9.65. The molecule has 0 aliphatic carbocycles. The largest absolute Gasteiger partial charge is 0.460 e. The lowest BCUT2D eigenvalue weighted by Crippen LogP contribution is -2.12. The van der Waals surface area contributed by atoms with Gasteiger partial charge in [-0.05, 0) is 18.6 Å². The zero-order valence-corrected chi connectivity index (χ0v) is 9.81. The van der Waals surface area contributed by atoms with Crippen LogP contribution in [0.3, 0.4) is 0 Å². The SMILES string of the molecule is CCOCCOC(=O)c1ccccc1CC#N. The first-order valence-corrected chi connectivity index (χ1v) is 5.49. The molecule has 0 N–H and O–H groups in total. The molecule has 0 fully saturated rings. The van der Waals surface area contributed by atoms with E-state index in [-0.39, 0.29) is 13.0 Å². The Morgan fingerprint density at radius 3 is 2.82 bits per heavy atom. The lowest BCUT2D eigenvalue weighted by Gasteiger charge is -2.07. The molecule has 0 heterocycles. The van der Waals surface area contributed by atoms with Crippen molar-refractivity contribution in [3.8, 4) is 6.07 Å². The predicted octanol–water partition coefficient (Wildman–Crippen LogP) is 1.95. The fraction of sp³-hybridized carbons (Fsp3) is 0.385. The molecular weight excluding hydrogens is 218 g/mol. The smallest absolute Gasteiger partial charge is 0.338 e. The number of carbonyl (C=O) groups is 1. The highest BCUT2D eigenvalue weighted by Gasteiger charge is 2.11. The number of ether oxygens (including phenoxy) is 2. The van der Waals surface area contributed by atoms with Gasteiger partial charge in [0.1, 0.15) is 6.61 Å². The Balaban J connectivity index is 2.59. The molecule has 17 heavy (non-hydrogen) atoms. The lowest BCUT2D eigenvalue weighted by atomic mass is 10.1. The first-order valence-electron chi connectivity index (χ1n) is 5.49. The molecule has 0 radical (unpaired) electrons. The van der Waals surface area contributed by atoms with E-state index in [0.717, 1.165) is 0 Å². The van der Waals surface area contributed by atoms with Crippen molar-refractivity contribution in [3.05, 3.63) is 35.4 Å². The van der Waals surface area contributed by atoms with Crippen LogP contribution in [0.5, 0.6) is 0 Å². The van der Waals surface area contributed by atoms with E-state index in [1.165, 1.54) is 0 Å². The van der Waals surface area contributed by atoms with Gasteiger partial charge in [-0.2, -0.15) is 5.26 Å². The molecule has 4 nitrogen and oxygen atoms in total. The van der Waals surface area contributed by atoms with Crippen LogP contribution < -0.4 is 0 Å². The second-order valence-electron chi connectivity index (χ2n) is 3.32. The summed E-state index contributed by atoms with van der Waals surface area (Å²) >= 11 is 0. The van der Waals surface area contributed by atoms with Crippen molar-refractivity contribution in [2.75, 3.05) is 19.8 Å². The van der Waals surface area contributed by atoms with Crippen molar-refractivity contribution in [2.24, 2.45) is 0 Å². The topological polar surface area (TPSA) is 59.3 Å². The fourth-order valence-electron chi connectivity index (χ4n) is 1.37. The third kappa shape index (κ3) is 4.25. The molecule has 0 spiro atoms. The van der Waals surface area contributed by atoms with Crippen LogP contribution in [0.25, 0.3) is 0 Å². The van der Waals surface area contributed by atoms with Gasteiger partial charge in [-0.1, -0.05) is 18.2 Å². The van der Waals surface area contributed by atoms with Gasteiger partial charge in [0.25, 0.3) is 0 Å². The van der Waals surface area contributed by atoms with Crippen LogP contribution in [0.15, 0.2) is 24.3 Å².